The van der Waals surface area contributed by atoms with E-state index in [2.05, 4.69) is 54.5 Å². The van der Waals surface area contributed by atoms with Gasteiger partial charge in [0, 0.05) is 30.3 Å². The molecular formula is C17H21ClN2. The number of anilines is 1. The van der Waals surface area contributed by atoms with Crippen LogP contribution in [0.4, 0.5) is 5.69 Å². The number of likely N-dealkylation sites (N-methyl/N-ethyl adjacent to an activating group) is 1. The number of nitrogens with zero attached hydrogens (tertiary/aromatic N) is 1. The molecule has 0 radical (unpaired) electrons. The van der Waals surface area contributed by atoms with Gasteiger partial charge in [0.2, 0.25) is 0 Å². The van der Waals surface area contributed by atoms with Crippen LogP contribution in [0.5, 0.6) is 0 Å². The predicted octanol–water partition coefficient (Wildman–Crippen LogP) is 4.19. The molecule has 0 aliphatic carbocycles. The Balaban J connectivity index is 1.76. The van der Waals surface area contributed by atoms with Crippen molar-refractivity contribution in [2.24, 2.45) is 0 Å². The van der Waals surface area contributed by atoms with E-state index in [1.54, 1.807) is 0 Å². The highest BCUT2D eigenvalue weighted by atomic mass is 35.5. The predicted molar refractivity (Wildman–Crippen MR) is 87.5 cm³/mol. The normalized spacial score (nSPS) is 10.8. The standard InChI is InChI=1S/C17H21ClN2/c1-14-7-9-16(10-8-14)19-11-12-20(2)13-15-5-3-4-6-17(15)18/h3-10,19H,11-13H2,1-2H3. The molecule has 0 amide bonds. The molecule has 0 unspecified atom stereocenters. The Morgan fingerprint density at radius 3 is 2.45 bits per heavy atom. The van der Waals surface area contributed by atoms with E-state index in [0.717, 1.165) is 24.7 Å². The van der Waals surface area contributed by atoms with Gasteiger partial charge in [0.15, 0.2) is 0 Å². The summed E-state index contributed by atoms with van der Waals surface area (Å²) in [5.74, 6) is 0. The van der Waals surface area contributed by atoms with Gasteiger partial charge in [-0.3, -0.25) is 0 Å². The van der Waals surface area contributed by atoms with Crippen molar-refractivity contribution in [3.63, 3.8) is 0 Å². The fourth-order valence-electron chi connectivity index (χ4n) is 2.06. The number of hydrogen-bond acceptors (Lipinski definition) is 2. The minimum Gasteiger partial charge on any atom is -0.384 e. The van der Waals surface area contributed by atoms with Crippen molar-refractivity contribution in [1.82, 2.24) is 4.90 Å². The molecule has 0 aromatic heterocycles. The quantitative estimate of drug-likeness (QED) is 0.857. The molecule has 2 nitrogen and oxygen atoms in total. The molecule has 2 aromatic carbocycles. The Hall–Kier alpha value is -1.51. The van der Waals surface area contributed by atoms with Crippen LogP contribution < -0.4 is 5.32 Å². The van der Waals surface area contributed by atoms with Crippen LogP contribution in [-0.4, -0.2) is 25.0 Å². The third kappa shape index (κ3) is 4.55. The maximum Gasteiger partial charge on any atom is 0.0451 e. The molecule has 106 valence electrons. The molecule has 20 heavy (non-hydrogen) atoms. The molecule has 0 aliphatic rings. The lowest BCUT2D eigenvalue weighted by Crippen LogP contribution is -2.24. The highest BCUT2D eigenvalue weighted by Crippen LogP contribution is 2.16. The first-order valence-corrected chi connectivity index (χ1v) is 7.25. The molecule has 2 aromatic rings. The highest BCUT2D eigenvalue weighted by Gasteiger charge is 2.03. The zero-order valence-corrected chi connectivity index (χ0v) is 12.8. The molecule has 2 rings (SSSR count). The number of halogens is 1. The second-order valence-electron chi connectivity index (χ2n) is 5.12. The Labute approximate surface area is 126 Å². The number of nitrogens with one attached hydrogen (secondary N) is 1. The third-order valence-electron chi connectivity index (χ3n) is 3.27. The first-order valence-electron chi connectivity index (χ1n) is 6.87. The summed E-state index contributed by atoms with van der Waals surface area (Å²) < 4.78 is 0. The number of hydrogen-bond donors (Lipinski definition) is 1. The van der Waals surface area contributed by atoms with E-state index in [0.29, 0.717) is 0 Å². The number of aryl methyl sites for hydroxylation is 1. The molecule has 3 heteroatoms. The lowest BCUT2D eigenvalue weighted by atomic mass is 10.2. The average Bonchev–Trinajstić information content (AvgIpc) is 2.44. The second-order valence-corrected chi connectivity index (χ2v) is 5.53. The third-order valence-corrected chi connectivity index (χ3v) is 3.64. The molecule has 0 heterocycles. The first-order chi connectivity index (χ1) is 9.65. The lowest BCUT2D eigenvalue weighted by molar-refractivity contribution is 0.340. The number of benzene rings is 2. The van der Waals surface area contributed by atoms with Crippen molar-refractivity contribution in [1.29, 1.82) is 0 Å². The lowest BCUT2D eigenvalue weighted by Gasteiger charge is -2.18. The van der Waals surface area contributed by atoms with Crippen molar-refractivity contribution < 1.29 is 0 Å². The van der Waals surface area contributed by atoms with Crippen molar-refractivity contribution >= 4 is 17.3 Å². The summed E-state index contributed by atoms with van der Waals surface area (Å²) in [5, 5.41) is 4.27. The maximum absolute atomic E-state index is 6.17. The molecular weight excluding hydrogens is 268 g/mol. The summed E-state index contributed by atoms with van der Waals surface area (Å²) in [6, 6.07) is 16.5. The number of rotatable bonds is 6. The minimum absolute atomic E-state index is 0.839. The van der Waals surface area contributed by atoms with E-state index < -0.39 is 0 Å². The zero-order valence-electron chi connectivity index (χ0n) is 12.1. The largest absolute Gasteiger partial charge is 0.384 e. The molecule has 0 saturated carbocycles. The van der Waals surface area contributed by atoms with Crippen molar-refractivity contribution in [3.05, 3.63) is 64.7 Å². The Kier molecular flexibility index (Phi) is 5.45. The monoisotopic (exact) mass is 288 g/mol. The van der Waals surface area contributed by atoms with Gasteiger partial charge in [-0.1, -0.05) is 47.5 Å². The van der Waals surface area contributed by atoms with E-state index >= 15 is 0 Å². The van der Waals surface area contributed by atoms with Crippen molar-refractivity contribution in [2.75, 3.05) is 25.5 Å². The highest BCUT2D eigenvalue weighted by molar-refractivity contribution is 6.31. The van der Waals surface area contributed by atoms with Crippen LogP contribution in [0.25, 0.3) is 0 Å². The Morgan fingerprint density at radius 1 is 1.05 bits per heavy atom. The van der Waals surface area contributed by atoms with Gasteiger partial charge in [-0.15, -0.1) is 0 Å². The van der Waals surface area contributed by atoms with Gasteiger partial charge < -0.3 is 10.2 Å². The van der Waals surface area contributed by atoms with Crippen LogP contribution >= 0.6 is 11.6 Å². The SMILES string of the molecule is Cc1ccc(NCCN(C)Cc2ccccc2Cl)cc1. The Morgan fingerprint density at radius 2 is 1.75 bits per heavy atom. The molecule has 0 fully saturated rings. The smallest absolute Gasteiger partial charge is 0.0451 e. The fraction of sp³-hybridized carbons (Fsp3) is 0.294. The van der Waals surface area contributed by atoms with Gasteiger partial charge in [-0.2, -0.15) is 0 Å². The van der Waals surface area contributed by atoms with Gasteiger partial charge >= 0.3 is 0 Å². The zero-order chi connectivity index (χ0) is 14.4. The van der Waals surface area contributed by atoms with Crippen molar-refractivity contribution in [2.45, 2.75) is 13.5 Å². The van der Waals surface area contributed by atoms with E-state index in [1.165, 1.54) is 16.8 Å². The van der Waals surface area contributed by atoms with Crippen LogP contribution in [0.1, 0.15) is 11.1 Å². The summed E-state index contributed by atoms with van der Waals surface area (Å²) in [6.07, 6.45) is 0. The van der Waals surface area contributed by atoms with Crippen LogP contribution in [-0.2, 0) is 6.54 Å². The van der Waals surface area contributed by atoms with Crippen LogP contribution in [0.3, 0.4) is 0 Å². The van der Waals surface area contributed by atoms with Crippen LogP contribution in [0.15, 0.2) is 48.5 Å². The van der Waals surface area contributed by atoms with E-state index in [1.807, 2.05) is 18.2 Å². The van der Waals surface area contributed by atoms with Gasteiger partial charge in [0.25, 0.3) is 0 Å². The molecule has 0 aliphatic heterocycles. The van der Waals surface area contributed by atoms with Gasteiger partial charge in [0.1, 0.15) is 0 Å². The first kappa shape index (κ1) is 14.9. The van der Waals surface area contributed by atoms with Crippen LogP contribution in [0, 0.1) is 6.92 Å². The average molecular weight is 289 g/mol. The minimum atomic E-state index is 0.839. The topological polar surface area (TPSA) is 15.3 Å². The van der Waals surface area contributed by atoms with Crippen molar-refractivity contribution in [3.8, 4) is 0 Å². The summed E-state index contributed by atoms with van der Waals surface area (Å²) >= 11 is 6.17. The molecule has 0 spiro atoms. The van der Waals surface area contributed by atoms with E-state index in [4.69, 9.17) is 11.6 Å². The summed E-state index contributed by atoms with van der Waals surface area (Å²) in [5.41, 5.74) is 3.63. The van der Waals surface area contributed by atoms with E-state index in [-0.39, 0.29) is 0 Å². The molecule has 1 N–H and O–H groups in total. The summed E-state index contributed by atoms with van der Waals surface area (Å²) in [7, 11) is 2.11. The van der Waals surface area contributed by atoms with Gasteiger partial charge in [-0.05, 0) is 37.7 Å². The second kappa shape index (κ2) is 7.32. The molecule has 0 atom stereocenters. The Bertz CT molecular complexity index is 537. The van der Waals surface area contributed by atoms with E-state index in [9.17, 15) is 0 Å². The fourth-order valence-corrected chi connectivity index (χ4v) is 2.25. The summed E-state index contributed by atoms with van der Waals surface area (Å²) in [4.78, 5) is 2.27. The molecule has 0 saturated heterocycles. The summed E-state index contributed by atoms with van der Waals surface area (Å²) in [6.45, 7) is 4.86. The molecule has 0 bridgehead atoms. The van der Waals surface area contributed by atoms with Crippen LogP contribution in [0.2, 0.25) is 5.02 Å². The van der Waals surface area contributed by atoms with Gasteiger partial charge in [0.05, 0.1) is 0 Å². The van der Waals surface area contributed by atoms with Gasteiger partial charge in [-0.25, -0.2) is 0 Å². The maximum atomic E-state index is 6.17.